The van der Waals surface area contributed by atoms with Crippen LogP contribution in [0.25, 0.3) is 0 Å². The van der Waals surface area contributed by atoms with Crippen molar-refractivity contribution in [3.63, 3.8) is 0 Å². The Bertz CT molecular complexity index is 526. The quantitative estimate of drug-likeness (QED) is 0.325. The van der Waals surface area contributed by atoms with Crippen molar-refractivity contribution in [1.82, 2.24) is 0 Å². The van der Waals surface area contributed by atoms with Crippen molar-refractivity contribution >= 4 is 17.4 Å². The van der Waals surface area contributed by atoms with Gasteiger partial charge in [0.05, 0.1) is 12.8 Å². The average molecular weight is 281 g/mol. The predicted octanol–water partition coefficient (Wildman–Crippen LogP) is 1.15. The summed E-state index contributed by atoms with van der Waals surface area (Å²) in [5.74, 6) is 0.0441. The lowest BCUT2D eigenvalue weighted by Crippen LogP contribution is -2.38. The van der Waals surface area contributed by atoms with Crippen molar-refractivity contribution < 1.29 is 19.5 Å². The minimum atomic E-state index is -0.963. The number of nitrogens with zero attached hydrogens (tertiary/aromatic N) is 1. The number of carbonyl (C=O) groups is 1. The molecule has 0 bridgehead atoms. The molecule has 1 aromatic carbocycles. The maximum absolute atomic E-state index is 12.0. The smallest absolute Gasteiger partial charge is 0.256 e. The van der Waals surface area contributed by atoms with Gasteiger partial charge in [-0.15, -0.1) is 0 Å². The van der Waals surface area contributed by atoms with Gasteiger partial charge in [0.1, 0.15) is 11.4 Å². The van der Waals surface area contributed by atoms with Crippen LogP contribution in [0.4, 0.5) is 5.69 Å². The van der Waals surface area contributed by atoms with Gasteiger partial charge in [0.2, 0.25) is 0 Å². The molecule has 0 aliphatic heterocycles. The summed E-state index contributed by atoms with van der Waals surface area (Å²) < 4.78 is 10.3. The van der Waals surface area contributed by atoms with Gasteiger partial charge in [0.25, 0.3) is 5.91 Å². The number of ether oxygens (including phenoxy) is 2. The standard InChI is InChI=1S/C13H19N3O4/c1-13(2,20-4)12(17)15-9-6-5-8(11(14)16-18)7-10(9)19-3/h5-7,18H,1-4H3,(H2,14,16)(H,15,17). The number of hydrogen-bond acceptors (Lipinski definition) is 5. The Morgan fingerprint density at radius 3 is 2.55 bits per heavy atom. The minimum absolute atomic E-state index is 0.0432. The number of amidine groups is 1. The molecule has 0 aromatic heterocycles. The maximum Gasteiger partial charge on any atom is 0.256 e. The van der Waals surface area contributed by atoms with E-state index in [2.05, 4.69) is 10.5 Å². The molecule has 0 aliphatic rings. The molecule has 0 heterocycles. The van der Waals surface area contributed by atoms with Gasteiger partial charge >= 0.3 is 0 Å². The molecule has 7 nitrogen and oxygen atoms in total. The fourth-order valence-corrected chi connectivity index (χ4v) is 1.38. The third kappa shape index (κ3) is 3.39. The van der Waals surface area contributed by atoms with Crippen molar-refractivity contribution in [3.8, 4) is 5.75 Å². The second kappa shape index (κ2) is 6.25. The molecule has 1 aromatic rings. The summed E-state index contributed by atoms with van der Waals surface area (Å²) >= 11 is 0. The topological polar surface area (TPSA) is 106 Å². The van der Waals surface area contributed by atoms with E-state index < -0.39 is 5.60 Å². The molecule has 7 heteroatoms. The third-order valence-corrected chi connectivity index (χ3v) is 2.91. The lowest BCUT2D eigenvalue weighted by Gasteiger charge is -2.22. The molecule has 110 valence electrons. The Labute approximate surface area is 117 Å². The highest BCUT2D eigenvalue weighted by Gasteiger charge is 2.27. The van der Waals surface area contributed by atoms with E-state index in [0.29, 0.717) is 17.0 Å². The molecule has 0 saturated heterocycles. The average Bonchev–Trinajstić information content (AvgIpc) is 2.46. The van der Waals surface area contributed by atoms with Crippen molar-refractivity contribution in [2.75, 3.05) is 19.5 Å². The van der Waals surface area contributed by atoms with E-state index in [1.165, 1.54) is 14.2 Å². The number of nitrogens with one attached hydrogen (secondary N) is 1. The first-order chi connectivity index (χ1) is 9.35. The highest BCUT2D eigenvalue weighted by Crippen LogP contribution is 2.26. The summed E-state index contributed by atoms with van der Waals surface area (Å²) in [4.78, 5) is 12.0. The molecule has 20 heavy (non-hydrogen) atoms. The van der Waals surface area contributed by atoms with Gasteiger partial charge in [-0.3, -0.25) is 4.79 Å². The number of nitrogens with two attached hydrogens (primary N) is 1. The Morgan fingerprint density at radius 1 is 1.40 bits per heavy atom. The first kappa shape index (κ1) is 15.8. The van der Waals surface area contributed by atoms with Crippen LogP contribution in [0.5, 0.6) is 5.75 Å². The molecule has 0 spiro atoms. The van der Waals surface area contributed by atoms with Crippen molar-refractivity contribution in [3.05, 3.63) is 23.8 Å². The lowest BCUT2D eigenvalue weighted by atomic mass is 10.1. The van der Waals surface area contributed by atoms with E-state index in [-0.39, 0.29) is 11.7 Å². The molecule has 0 radical (unpaired) electrons. The summed E-state index contributed by atoms with van der Waals surface area (Å²) in [5.41, 5.74) is 5.48. The van der Waals surface area contributed by atoms with Gasteiger partial charge in [-0.1, -0.05) is 5.16 Å². The molecule has 0 fully saturated rings. The van der Waals surface area contributed by atoms with Crippen LogP contribution >= 0.6 is 0 Å². The Balaban J connectivity index is 3.06. The first-order valence-corrected chi connectivity index (χ1v) is 5.88. The number of methoxy groups -OCH3 is 2. The molecule has 0 aliphatic carbocycles. The van der Waals surface area contributed by atoms with Crippen LogP contribution in [-0.2, 0) is 9.53 Å². The Hall–Kier alpha value is -2.28. The number of rotatable bonds is 5. The zero-order valence-electron chi connectivity index (χ0n) is 11.9. The second-order valence-electron chi connectivity index (χ2n) is 4.57. The number of amides is 1. The summed E-state index contributed by atoms with van der Waals surface area (Å²) in [7, 11) is 2.92. The normalized spacial score (nSPS) is 12.1. The Morgan fingerprint density at radius 2 is 2.05 bits per heavy atom. The lowest BCUT2D eigenvalue weighted by molar-refractivity contribution is -0.133. The minimum Gasteiger partial charge on any atom is -0.495 e. The van der Waals surface area contributed by atoms with Crippen LogP contribution in [-0.4, -0.2) is 36.8 Å². The van der Waals surface area contributed by atoms with E-state index in [0.717, 1.165) is 0 Å². The van der Waals surface area contributed by atoms with Crippen LogP contribution in [0.2, 0.25) is 0 Å². The van der Waals surface area contributed by atoms with Crippen molar-refractivity contribution in [2.45, 2.75) is 19.4 Å². The summed E-state index contributed by atoms with van der Waals surface area (Å²) in [6, 6.07) is 4.77. The molecule has 0 atom stereocenters. The van der Waals surface area contributed by atoms with E-state index >= 15 is 0 Å². The molecule has 4 N–H and O–H groups in total. The summed E-state index contributed by atoms with van der Waals surface area (Å²) in [5, 5.41) is 14.3. The van der Waals surface area contributed by atoms with Crippen molar-refractivity contribution in [1.29, 1.82) is 0 Å². The Kier molecular flexibility index (Phi) is 4.93. The molecular formula is C13H19N3O4. The van der Waals surface area contributed by atoms with Gasteiger partial charge in [0, 0.05) is 12.7 Å². The SMILES string of the molecule is COc1cc(/C(N)=N/O)ccc1NC(=O)C(C)(C)OC. The fourth-order valence-electron chi connectivity index (χ4n) is 1.38. The van der Waals surface area contributed by atoms with E-state index in [1.807, 2.05) is 0 Å². The second-order valence-corrected chi connectivity index (χ2v) is 4.57. The van der Waals surface area contributed by atoms with Crippen LogP contribution in [0.3, 0.4) is 0 Å². The van der Waals surface area contributed by atoms with Gasteiger partial charge in [-0.2, -0.15) is 0 Å². The van der Waals surface area contributed by atoms with Crippen LogP contribution < -0.4 is 15.8 Å². The first-order valence-electron chi connectivity index (χ1n) is 5.88. The number of hydrogen-bond donors (Lipinski definition) is 3. The van der Waals surface area contributed by atoms with Gasteiger partial charge in [-0.05, 0) is 32.0 Å². The number of oxime groups is 1. The summed E-state index contributed by atoms with van der Waals surface area (Å²) in [6.07, 6.45) is 0. The summed E-state index contributed by atoms with van der Waals surface area (Å²) in [6.45, 7) is 3.30. The van der Waals surface area contributed by atoms with Crippen LogP contribution in [0.1, 0.15) is 19.4 Å². The van der Waals surface area contributed by atoms with Gasteiger partial charge in [-0.25, -0.2) is 0 Å². The van der Waals surface area contributed by atoms with Crippen LogP contribution in [0.15, 0.2) is 23.4 Å². The van der Waals surface area contributed by atoms with Gasteiger partial charge in [0.15, 0.2) is 5.84 Å². The van der Waals surface area contributed by atoms with Gasteiger partial charge < -0.3 is 25.7 Å². The number of carbonyl (C=O) groups excluding carboxylic acids is 1. The fraction of sp³-hybridized carbons (Fsp3) is 0.385. The number of benzene rings is 1. The monoisotopic (exact) mass is 281 g/mol. The molecule has 0 saturated carbocycles. The highest BCUT2D eigenvalue weighted by molar-refractivity contribution is 6.00. The maximum atomic E-state index is 12.0. The van der Waals surface area contributed by atoms with E-state index in [1.54, 1.807) is 32.0 Å². The molecular weight excluding hydrogens is 262 g/mol. The zero-order chi connectivity index (χ0) is 15.3. The zero-order valence-corrected chi connectivity index (χ0v) is 11.9. The molecule has 0 unspecified atom stereocenters. The highest BCUT2D eigenvalue weighted by atomic mass is 16.5. The predicted molar refractivity (Wildman–Crippen MR) is 75.2 cm³/mol. The van der Waals surface area contributed by atoms with Crippen LogP contribution in [0, 0.1) is 0 Å². The molecule has 1 amide bonds. The largest absolute Gasteiger partial charge is 0.495 e. The third-order valence-electron chi connectivity index (χ3n) is 2.91. The number of anilines is 1. The van der Waals surface area contributed by atoms with E-state index in [4.69, 9.17) is 20.4 Å². The molecule has 1 rings (SSSR count). The van der Waals surface area contributed by atoms with Crippen molar-refractivity contribution in [2.24, 2.45) is 10.9 Å². The van der Waals surface area contributed by atoms with E-state index in [9.17, 15) is 4.79 Å².